The number of hydrogen-bond acceptors (Lipinski definition) is 2. The van der Waals surface area contributed by atoms with Gasteiger partial charge < -0.3 is 13.7 Å². The number of hydrogen-bond donors (Lipinski definition) is 0. The third kappa shape index (κ3) is 4.03. The molecule has 0 bridgehead atoms. The molecule has 0 atom stereocenters. The van der Waals surface area contributed by atoms with Gasteiger partial charge in [0.2, 0.25) is 0 Å². The van der Waals surface area contributed by atoms with Crippen molar-refractivity contribution in [2.75, 3.05) is 13.6 Å². The fraction of sp³-hybridized carbons (Fsp3) is 0.0526. The number of para-hydroxylation sites is 2. The van der Waals surface area contributed by atoms with Gasteiger partial charge in [0.05, 0.1) is 11.0 Å². The van der Waals surface area contributed by atoms with Crippen molar-refractivity contribution in [2.45, 2.75) is 0 Å². The van der Waals surface area contributed by atoms with Crippen LogP contribution in [0.3, 0.4) is 0 Å². The van der Waals surface area contributed by atoms with Crippen LogP contribution in [-0.2, 0) is 4.74 Å². The van der Waals surface area contributed by atoms with Crippen LogP contribution in [0.15, 0.2) is 138 Å². The number of furan rings is 1. The molecule has 0 aliphatic rings. The van der Waals surface area contributed by atoms with E-state index in [-0.39, 0.29) is 0 Å². The molecule has 0 fully saturated rings. The third-order valence-corrected chi connectivity index (χ3v) is 8.21. The predicted octanol–water partition coefficient (Wildman–Crippen LogP) is 8.95. The van der Waals surface area contributed by atoms with Gasteiger partial charge in [0.25, 0.3) is 0 Å². The van der Waals surface area contributed by atoms with E-state index in [9.17, 15) is 0 Å². The molecule has 3 nitrogen and oxygen atoms in total. The quantitative estimate of drug-likeness (QED) is 0.197. The minimum Gasteiger partial charge on any atom is -0.456 e. The second-order valence-corrected chi connectivity index (χ2v) is 10.7. The summed E-state index contributed by atoms with van der Waals surface area (Å²) in [4.78, 5) is 0. The molecule has 0 aliphatic carbocycles. The second kappa shape index (κ2) is 10.1. The molecule has 0 aliphatic heterocycles. The van der Waals surface area contributed by atoms with Crippen LogP contribution in [0, 0.1) is 0 Å². The monoisotopic (exact) mass is 540 g/mol. The number of ether oxygens (including phenoxy) is 1. The van der Waals surface area contributed by atoms with Crippen molar-refractivity contribution >= 4 is 56.5 Å². The van der Waals surface area contributed by atoms with Gasteiger partial charge in [0.15, 0.2) is 7.28 Å². The molecule has 0 unspecified atom stereocenters. The highest BCUT2D eigenvalue weighted by atomic mass is 16.5. The number of benzene rings is 6. The Labute approximate surface area is 244 Å². The molecule has 1 radical (unpaired) electrons. The minimum atomic E-state index is 0.557. The summed E-state index contributed by atoms with van der Waals surface area (Å²) < 4.78 is 13.9. The molecule has 0 N–H and O–H groups in total. The molecular weight excluding hydrogens is 513 g/mol. The lowest BCUT2D eigenvalue weighted by molar-refractivity contribution is 0.252. The maximum Gasteiger partial charge on any atom is 0.186 e. The van der Waals surface area contributed by atoms with Gasteiger partial charge in [0.1, 0.15) is 11.2 Å². The van der Waals surface area contributed by atoms with Gasteiger partial charge in [-0.15, -0.1) is 0 Å². The molecule has 42 heavy (non-hydrogen) atoms. The minimum absolute atomic E-state index is 0.557. The Morgan fingerprint density at radius 3 is 2.10 bits per heavy atom. The maximum atomic E-state index is 6.20. The molecule has 6 aromatic carbocycles. The third-order valence-electron chi connectivity index (χ3n) is 8.21. The van der Waals surface area contributed by atoms with Crippen molar-refractivity contribution in [3.8, 4) is 27.9 Å². The zero-order valence-corrected chi connectivity index (χ0v) is 23.2. The van der Waals surface area contributed by atoms with Gasteiger partial charge >= 0.3 is 0 Å². The number of fused-ring (bicyclic) bond motifs is 6. The predicted molar refractivity (Wildman–Crippen MR) is 176 cm³/mol. The number of aromatic nitrogens is 1. The largest absolute Gasteiger partial charge is 0.456 e. The average Bonchev–Trinajstić information content (AvgIpc) is 3.59. The standard InChI is InChI=1S/C38H27BNO2/c1-41-24-39-33-14-8-16-37-38(33)32-23-28(18-20-36(32)42-37)26-10-7-9-25(21-26)27-17-19-35-31(22-27)30-13-5-6-15-34(30)40(35)29-11-3-2-4-12-29/h2-23H,24H2,1H3. The molecule has 2 heterocycles. The van der Waals surface area contributed by atoms with Crippen LogP contribution in [0.5, 0.6) is 0 Å². The lowest BCUT2D eigenvalue weighted by Gasteiger charge is -2.09. The van der Waals surface area contributed by atoms with E-state index in [4.69, 9.17) is 9.15 Å². The first kappa shape index (κ1) is 24.7. The first-order valence-corrected chi connectivity index (χ1v) is 14.3. The van der Waals surface area contributed by atoms with Crippen LogP contribution in [0.25, 0.3) is 71.7 Å². The SMILES string of the molecule is COC[B]c1cccc2oc3ccc(-c4cccc(-c5ccc6c(c5)c5ccccc5n6-c5ccccc5)c4)cc3c12. The van der Waals surface area contributed by atoms with Crippen molar-refractivity contribution in [1.29, 1.82) is 0 Å². The summed E-state index contributed by atoms with van der Waals surface area (Å²) in [6.45, 7) is 0.557. The number of methoxy groups -OCH3 is 1. The van der Waals surface area contributed by atoms with Gasteiger partial charge in [-0.1, -0.05) is 84.3 Å². The van der Waals surface area contributed by atoms with Crippen LogP contribution in [0.1, 0.15) is 0 Å². The Morgan fingerprint density at radius 1 is 0.571 bits per heavy atom. The van der Waals surface area contributed by atoms with E-state index in [1.807, 2.05) is 12.1 Å². The van der Waals surface area contributed by atoms with Gasteiger partial charge in [-0.2, -0.15) is 0 Å². The molecule has 8 rings (SSSR count). The van der Waals surface area contributed by atoms with E-state index >= 15 is 0 Å². The summed E-state index contributed by atoms with van der Waals surface area (Å²) >= 11 is 0. The summed E-state index contributed by atoms with van der Waals surface area (Å²) in [5, 5.41) is 4.75. The molecule has 2 aromatic heterocycles. The van der Waals surface area contributed by atoms with Crippen LogP contribution >= 0.6 is 0 Å². The van der Waals surface area contributed by atoms with E-state index in [0.717, 1.165) is 33.0 Å². The highest BCUT2D eigenvalue weighted by Gasteiger charge is 2.15. The van der Waals surface area contributed by atoms with E-state index in [2.05, 4.69) is 133 Å². The number of rotatable bonds is 6. The number of nitrogens with zero attached hydrogens (tertiary/aromatic N) is 1. The van der Waals surface area contributed by atoms with Crippen molar-refractivity contribution in [3.05, 3.63) is 133 Å². The average molecular weight is 540 g/mol. The first-order chi connectivity index (χ1) is 20.8. The van der Waals surface area contributed by atoms with Gasteiger partial charge in [-0.3, -0.25) is 0 Å². The highest BCUT2D eigenvalue weighted by Crippen LogP contribution is 2.37. The molecule has 0 saturated heterocycles. The van der Waals surface area contributed by atoms with E-state index < -0.39 is 0 Å². The van der Waals surface area contributed by atoms with E-state index in [0.29, 0.717) is 6.51 Å². The Bertz CT molecular complexity index is 2240. The molecule has 0 saturated carbocycles. The molecule has 8 aromatic rings. The Morgan fingerprint density at radius 2 is 1.26 bits per heavy atom. The van der Waals surface area contributed by atoms with E-state index in [1.54, 1.807) is 7.11 Å². The van der Waals surface area contributed by atoms with Crippen LogP contribution in [0.4, 0.5) is 0 Å². The molecule has 0 amide bonds. The second-order valence-electron chi connectivity index (χ2n) is 10.7. The van der Waals surface area contributed by atoms with Crippen molar-refractivity contribution in [1.82, 2.24) is 4.57 Å². The van der Waals surface area contributed by atoms with Gasteiger partial charge in [0, 0.05) is 40.8 Å². The fourth-order valence-electron chi connectivity index (χ4n) is 6.26. The summed E-state index contributed by atoms with van der Waals surface area (Å²) in [6, 6.07) is 47.6. The zero-order chi connectivity index (χ0) is 28.0. The summed E-state index contributed by atoms with van der Waals surface area (Å²) in [6.07, 6.45) is 0. The fourth-order valence-corrected chi connectivity index (χ4v) is 6.26. The van der Waals surface area contributed by atoms with Gasteiger partial charge in [-0.25, -0.2) is 0 Å². The van der Waals surface area contributed by atoms with Crippen molar-refractivity contribution < 1.29 is 9.15 Å². The van der Waals surface area contributed by atoms with Crippen LogP contribution < -0.4 is 5.46 Å². The van der Waals surface area contributed by atoms with Gasteiger partial charge in [-0.05, 0) is 76.9 Å². The lowest BCUT2D eigenvalue weighted by Crippen LogP contribution is -2.19. The van der Waals surface area contributed by atoms with E-state index in [1.165, 1.54) is 44.2 Å². The molecular formula is C38H27BNO2. The Balaban J connectivity index is 1.24. The molecule has 4 heteroatoms. The van der Waals surface area contributed by atoms with Crippen LogP contribution in [0.2, 0.25) is 0 Å². The Kier molecular flexibility index (Phi) is 5.94. The lowest BCUT2D eigenvalue weighted by atomic mass is 9.69. The zero-order valence-electron chi connectivity index (χ0n) is 23.2. The summed E-state index contributed by atoms with van der Waals surface area (Å²) in [5.74, 6) is 0. The van der Waals surface area contributed by atoms with Crippen molar-refractivity contribution in [2.24, 2.45) is 0 Å². The summed E-state index contributed by atoms with van der Waals surface area (Å²) in [5.41, 5.74) is 11.2. The molecule has 0 spiro atoms. The normalized spacial score (nSPS) is 11.6. The smallest absolute Gasteiger partial charge is 0.186 e. The topological polar surface area (TPSA) is 27.3 Å². The highest BCUT2D eigenvalue weighted by molar-refractivity contribution is 6.58. The molecule has 199 valence electrons. The first-order valence-electron chi connectivity index (χ1n) is 14.3. The summed E-state index contributed by atoms with van der Waals surface area (Å²) in [7, 11) is 3.82. The van der Waals surface area contributed by atoms with Crippen molar-refractivity contribution in [3.63, 3.8) is 0 Å². The van der Waals surface area contributed by atoms with Crippen LogP contribution in [-0.4, -0.2) is 25.5 Å². The Hall–Kier alpha value is -5.06. The maximum absolute atomic E-state index is 6.20.